The normalized spacial score (nSPS) is 12.2. The smallest absolute Gasteiger partial charge is 0.244 e. The lowest BCUT2D eigenvalue weighted by Crippen LogP contribution is -2.52. The fourth-order valence-electron chi connectivity index (χ4n) is 3.32. The minimum absolute atomic E-state index is 0.0254. The minimum Gasteiger partial charge on any atom is -0.354 e. The molecule has 0 fully saturated rings. The summed E-state index contributed by atoms with van der Waals surface area (Å²) in [5, 5.41) is 3.23. The Hall–Kier alpha value is -2.65. The van der Waals surface area contributed by atoms with Crippen molar-refractivity contribution in [3.63, 3.8) is 0 Å². The van der Waals surface area contributed by atoms with Crippen molar-refractivity contribution in [2.75, 3.05) is 23.7 Å². The van der Waals surface area contributed by atoms with E-state index in [9.17, 15) is 22.4 Å². The number of hydrogen-bond acceptors (Lipinski definition) is 4. The lowest BCUT2D eigenvalue weighted by atomic mass is 10.1. The molecule has 1 unspecified atom stereocenters. The van der Waals surface area contributed by atoms with Crippen LogP contribution in [0.4, 0.5) is 10.1 Å². The number of carbonyl (C=O) groups is 2. The fourth-order valence-corrected chi connectivity index (χ4v) is 4.36. The molecule has 33 heavy (non-hydrogen) atoms. The first-order valence-corrected chi connectivity index (χ1v) is 12.8. The number of halogens is 2. The molecule has 0 aliphatic carbocycles. The van der Waals surface area contributed by atoms with Gasteiger partial charge in [0.2, 0.25) is 21.8 Å². The molecule has 0 aliphatic heterocycles. The quantitative estimate of drug-likeness (QED) is 0.514. The summed E-state index contributed by atoms with van der Waals surface area (Å²) in [6.07, 6.45) is 2.02. The second-order valence-corrected chi connectivity index (χ2v) is 9.89. The van der Waals surface area contributed by atoms with Gasteiger partial charge in [-0.25, -0.2) is 12.8 Å². The number of carbonyl (C=O) groups excluding carboxylic acids is 2. The first-order chi connectivity index (χ1) is 15.6. The van der Waals surface area contributed by atoms with Gasteiger partial charge in [-0.1, -0.05) is 43.6 Å². The Bertz CT molecular complexity index is 1060. The predicted molar refractivity (Wildman–Crippen MR) is 128 cm³/mol. The van der Waals surface area contributed by atoms with Gasteiger partial charge in [0, 0.05) is 18.1 Å². The van der Waals surface area contributed by atoms with Crippen molar-refractivity contribution in [3.05, 3.63) is 64.9 Å². The molecule has 0 saturated heterocycles. The molecule has 0 saturated carbocycles. The summed E-state index contributed by atoms with van der Waals surface area (Å²) < 4.78 is 39.2. The van der Waals surface area contributed by atoms with Gasteiger partial charge in [0.05, 0.1) is 11.9 Å². The molecule has 1 atom stereocenters. The summed E-state index contributed by atoms with van der Waals surface area (Å²) in [4.78, 5) is 27.6. The summed E-state index contributed by atoms with van der Waals surface area (Å²) in [5.74, 6) is -1.44. The molecule has 2 amide bonds. The second-order valence-electron chi connectivity index (χ2n) is 7.57. The fraction of sp³-hybridized carbons (Fsp3) is 0.391. The van der Waals surface area contributed by atoms with Crippen LogP contribution in [0.5, 0.6) is 0 Å². The molecule has 0 bridgehead atoms. The van der Waals surface area contributed by atoms with Crippen LogP contribution in [0.2, 0.25) is 5.02 Å². The molecule has 10 heteroatoms. The summed E-state index contributed by atoms with van der Waals surface area (Å²) in [7, 11) is -3.87. The van der Waals surface area contributed by atoms with Crippen LogP contribution in [-0.2, 0) is 26.2 Å². The minimum atomic E-state index is -3.87. The van der Waals surface area contributed by atoms with Gasteiger partial charge in [-0.2, -0.15) is 0 Å². The van der Waals surface area contributed by atoms with E-state index in [4.69, 9.17) is 11.6 Å². The molecule has 2 aromatic carbocycles. The Balaban J connectivity index is 2.42. The van der Waals surface area contributed by atoms with Crippen LogP contribution in [0.15, 0.2) is 48.5 Å². The summed E-state index contributed by atoms with van der Waals surface area (Å²) in [6, 6.07) is 10.9. The van der Waals surface area contributed by atoms with Gasteiger partial charge >= 0.3 is 0 Å². The van der Waals surface area contributed by atoms with Crippen molar-refractivity contribution in [2.24, 2.45) is 0 Å². The number of benzene rings is 2. The molecule has 0 spiro atoms. The number of nitrogens with one attached hydrogen (secondary N) is 1. The Labute approximate surface area is 199 Å². The van der Waals surface area contributed by atoms with Crippen molar-refractivity contribution in [2.45, 2.75) is 39.3 Å². The first kappa shape index (κ1) is 26.6. The van der Waals surface area contributed by atoms with Gasteiger partial charge in [0.15, 0.2) is 0 Å². The van der Waals surface area contributed by atoms with Crippen LogP contribution < -0.4 is 9.62 Å². The molecule has 0 aliphatic rings. The molecule has 1 N–H and O–H groups in total. The zero-order valence-corrected chi connectivity index (χ0v) is 20.5. The first-order valence-electron chi connectivity index (χ1n) is 10.6. The zero-order valence-electron chi connectivity index (χ0n) is 18.9. The number of rotatable bonds is 11. The van der Waals surface area contributed by atoms with Crippen molar-refractivity contribution < 1.29 is 22.4 Å². The van der Waals surface area contributed by atoms with E-state index < -0.39 is 34.3 Å². The maximum absolute atomic E-state index is 13.5. The summed E-state index contributed by atoms with van der Waals surface area (Å²) >= 11 is 6.29. The Morgan fingerprint density at radius 1 is 1.09 bits per heavy atom. The highest BCUT2D eigenvalue weighted by molar-refractivity contribution is 7.92. The van der Waals surface area contributed by atoms with E-state index in [0.717, 1.165) is 29.1 Å². The number of hydrogen-bond donors (Lipinski definition) is 1. The zero-order chi connectivity index (χ0) is 24.6. The van der Waals surface area contributed by atoms with Crippen molar-refractivity contribution in [1.82, 2.24) is 10.2 Å². The van der Waals surface area contributed by atoms with Gasteiger partial charge in [-0.3, -0.25) is 13.9 Å². The van der Waals surface area contributed by atoms with E-state index >= 15 is 0 Å². The van der Waals surface area contributed by atoms with Gasteiger partial charge in [0.25, 0.3) is 0 Å². The molecule has 180 valence electrons. The van der Waals surface area contributed by atoms with E-state index in [1.165, 1.54) is 17.0 Å². The van der Waals surface area contributed by atoms with Crippen LogP contribution in [-0.4, -0.2) is 50.5 Å². The van der Waals surface area contributed by atoms with Gasteiger partial charge in [-0.15, -0.1) is 0 Å². The second kappa shape index (κ2) is 12.0. The van der Waals surface area contributed by atoms with E-state index in [2.05, 4.69) is 5.32 Å². The Morgan fingerprint density at radius 3 is 2.27 bits per heavy atom. The molecule has 2 rings (SSSR count). The lowest BCUT2D eigenvalue weighted by molar-refractivity contribution is -0.140. The van der Waals surface area contributed by atoms with E-state index in [-0.39, 0.29) is 18.1 Å². The predicted octanol–water partition coefficient (Wildman–Crippen LogP) is 3.58. The van der Waals surface area contributed by atoms with Crippen LogP contribution in [0, 0.1) is 5.82 Å². The number of nitrogens with zero attached hydrogens (tertiary/aromatic N) is 2. The molecule has 0 radical (unpaired) electrons. The molecule has 0 heterocycles. The molecular formula is C23H29ClFN3O4S. The van der Waals surface area contributed by atoms with Crippen LogP contribution in [0.25, 0.3) is 0 Å². The average Bonchev–Trinajstić information content (AvgIpc) is 2.77. The molecular weight excluding hydrogens is 469 g/mol. The molecule has 7 nitrogen and oxygen atoms in total. The number of amides is 2. The van der Waals surface area contributed by atoms with E-state index in [1.807, 2.05) is 6.92 Å². The standard InChI is InChI=1S/C23H29ClFN3O4S/c1-4-14-26-23(30)21(5-2)27(15-17-8-6-7-9-20(17)24)22(29)16-28(33(3,31)32)19-12-10-18(25)11-13-19/h6-13,21H,4-5,14-16H2,1-3H3,(H,26,30). The third-order valence-electron chi connectivity index (χ3n) is 5.03. The Kier molecular flexibility index (Phi) is 9.67. The largest absolute Gasteiger partial charge is 0.354 e. The van der Waals surface area contributed by atoms with Gasteiger partial charge in [-0.05, 0) is 48.7 Å². The third kappa shape index (κ3) is 7.43. The molecule has 0 aromatic heterocycles. The highest BCUT2D eigenvalue weighted by Crippen LogP contribution is 2.22. The monoisotopic (exact) mass is 497 g/mol. The van der Waals surface area contributed by atoms with E-state index in [0.29, 0.717) is 23.6 Å². The van der Waals surface area contributed by atoms with Gasteiger partial charge < -0.3 is 10.2 Å². The van der Waals surface area contributed by atoms with Crippen LogP contribution in [0.1, 0.15) is 32.3 Å². The van der Waals surface area contributed by atoms with E-state index in [1.54, 1.807) is 31.2 Å². The number of sulfonamides is 1. The Morgan fingerprint density at radius 2 is 1.73 bits per heavy atom. The van der Waals surface area contributed by atoms with Crippen LogP contribution in [0.3, 0.4) is 0 Å². The van der Waals surface area contributed by atoms with Crippen LogP contribution >= 0.6 is 11.6 Å². The third-order valence-corrected chi connectivity index (χ3v) is 6.54. The topological polar surface area (TPSA) is 86.8 Å². The SMILES string of the molecule is CCCNC(=O)C(CC)N(Cc1ccccc1Cl)C(=O)CN(c1ccc(F)cc1)S(C)(=O)=O. The van der Waals surface area contributed by atoms with Crippen molar-refractivity contribution in [1.29, 1.82) is 0 Å². The average molecular weight is 498 g/mol. The van der Waals surface area contributed by atoms with Gasteiger partial charge in [0.1, 0.15) is 18.4 Å². The number of anilines is 1. The lowest BCUT2D eigenvalue weighted by Gasteiger charge is -2.33. The summed E-state index contributed by atoms with van der Waals surface area (Å²) in [5.41, 5.74) is 0.773. The maximum atomic E-state index is 13.5. The highest BCUT2D eigenvalue weighted by Gasteiger charge is 2.31. The molecule has 2 aromatic rings. The summed E-state index contributed by atoms with van der Waals surface area (Å²) in [6.45, 7) is 3.62. The van der Waals surface area contributed by atoms with Crippen molar-refractivity contribution in [3.8, 4) is 0 Å². The maximum Gasteiger partial charge on any atom is 0.244 e. The highest BCUT2D eigenvalue weighted by atomic mass is 35.5. The van der Waals surface area contributed by atoms with Crippen molar-refractivity contribution >= 4 is 39.1 Å².